The normalized spacial score (nSPS) is 13.0. The van der Waals surface area contributed by atoms with E-state index in [1.165, 1.54) is 18.2 Å². The van der Waals surface area contributed by atoms with E-state index in [9.17, 15) is 18.5 Å². The molecule has 0 heterocycles. The standard InChI is InChI=1S/C10H14N2O5S/c1-8(7-18(11,15)16)6-17-10-4-2-3-9(5-10)12(13)14/h2-5,8H,6-7H2,1H3,(H2,11,15,16). The molecule has 1 rings (SSSR count). The quantitative estimate of drug-likeness (QED) is 0.611. The Labute approximate surface area is 105 Å². The monoisotopic (exact) mass is 274 g/mol. The van der Waals surface area contributed by atoms with Crippen molar-refractivity contribution in [3.63, 3.8) is 0 Å². The smallest absolute Gasteiger partial charge is 0.273 e. The summed E-state index contributed by atoms with van der Waals surface area (Å²) in [5.41, 5.74) is -0.0772. The fraction of sp³-hybridized carbons (Fsp3) is 0.400. The number of hydrogen-bond acceptors (Lipinski definition) is 5. The van der Waals surface area contributed by atoms with Crippen LogP contribution in [0.5, 0.6) is 5.75 Å². The van der Waals surface area contributed by atoms with Crippen molar-refractivity contribution in [2.45, 2.75) is 6.92 Å². The molecule has 0 spiro atoms. The Balaban J connectivity index is 2.58. The van der Waals surface area contributed by atoms with Gasteiger partial charge in [0, 0.05) is 12.0 Å². The number of nitrogens with zero attached hydrogens (tertiary/aromatic N) is 1. The van der Waals surface area contributed by atoms with Gasteiger partial charge in [-0.3, -0.25) is 10.1 Å². The summed E-state index contributed by atoms with van der Waals surface area (Å²) in [5.74, 6) is -0.160. The minimum Gasteiger partial charge on any atom is -0.493 e. The fourth-order valence-corrected chi connectivity index (χ4v) is 2.26. The zero-order chi connectivity index (χ0) is 13.8. The van der Waals surface area contributed by atoms with Gasteiger partial charge in [0.25, 0.3) is 5.69 Å². The summed E-state index contributed by atoms with van der Waals surface area (Å²) in [7, 11) is -3.54. The topological polar surface area (TPSA) is 113 Å². The van der Waals surface area contributed by atoms with E-state index in [-0.39, 0.29) is 24.0 Å². The maximum Gasteiger partial charge on any atom is 0.273 e. The van der Waals surface area contributed by atoms with E-state index < -0.39 is 14.9 Å². The molecule has 1 aromatic carbocycles. The van der Waals surface area contributed by atoms with Gasteiger partial charge in [0.2, 0.25) is 10.0 Å². The summed E-state index contributed by atoms with van der Waals surface area (Å²) in [6, 6.07) is 5.69. The Hall–Kier alpha value is -1.67. The molecule has 0 aliphatic rings. The zero-order valence-electron chi connectivity index (χ0n) is 9.78. The summed E-state index contributed by atoms with van der Waals surface area (Å²) in [6.45, 7) is 1.79. The van der Waals surface area contributed by atoms with Crippen LogP contribution in [0.2, 0.25) is 0 Å². The molecule has 0 saturated heterocycles. The van der Waals surface area contributed by atoms with Gasteiger partial charge in [-0.25, -0.2) is 13.6 Å². The first-order valence-electron chi connectivity index (χ1n) is 5.15. The number of rotatable bonds is 6. The number of hydrogen-bond donors (Lipinski definition) is 1. The molecule has 0 amide bonds. The molecule has 18 heavy (non-hydrogen) atoms. The number of primary sulfonamides is 1. The molecule has 0 fully saturated rings. The van der Waals surface area contributed by atoms with Crippen LogP contribution in [-0.4, -0.2) is 25.7 Å². The molecule has 1 unspecified atom stereocenters. The molecule has 0 radical (unpaired) electrons. The first-order chi connectivity index (χ1) is 8.28. The highest BCUT2D eigenvalue weighted by molar-refractivity contribution is 7.89. The molecular formula is C10H14N2O5S. The summed E-state index contributed by atoms with van der Waals surface area (Å²) in [6.07, 6.45) is 0. The van der Waals surface area contributed by atoms with E-state index in [1.54, 1.807) is 13.0 Å². The van der Waals surface area contributed by atoms with Crippen molar-refractivity contribution >= 4 is 15.7 Å². The van der Waals surface area contributed by atoms with E-state index in [0.717, 1.165) is 0 Å². The van der Waals surface area contributed by atoms with Crippen molar-refractivity contribution in [3.8, 4) is 5.75 Å². The second-order valence-corrected chi connectivity index (χ2v) is 5.66. The predicted octanol–water partition coefficient (Wildman–Crippen LogP) is 0.898. The van der Waals surface area contributed by atoms with Gasteiger partial charge in [-0.15, -0.1) is 0 Å². The third kappa shape index (κ3) is 5.11. The number of nitrogens with two attached hydrogens (primary N) is 1. The van der Waals surface area contributed by atoms with Crippen molar-refractivity contribution in [3.05, 3.63) is 34.4 Å². The molecular weight excluding hydrogens is 260 g/mol. The van der Waals surface area contributed by atoms with Gasteiger partial charge in [0.15, 0.2) is 0 Å². The summed E-state index contributed by atoms with van der Waals surface area (Å²) in [5, 5.41) is 15.4. The minimum absolute atomic E-state index is 0.0772. The number of benzene rings is 1. The lowest BCUT2D eigenvalue weighted by molar-refractivity contribution is -0.384. The molecule has 0 aliphatic carbocycles. The van der Waals surface area contributed by atoms with Crippen LogP contribution in [-0.2, 0) is 10.0 Å². The molecule has 2 N–H and O–H groups in total. The first-order valence-corrected chi connectivity index (χ1v) is 6.87. The molecule has 0 bridgehead atoms. The van der Waals surface area contributed by atoms with Crippen LogP contribution in [0.15, 0.2) is 24.3 Å². The van der Waals surface area contributed by atoms with Crippen LogP contribution >= 0.6 is 0 Å². The third-order valence-corrected chi connectivity index (χ3v) is 3.11. The van der Waals surface area contributed by atoms with Gasteiger partial charge in [0.1, 0.15) is 5.75 Å². The number of sulfonamides is 1. The molecule has 0 aromatic heterocycles. The zero-order valence-corrected chi connectivity index (χ0v) is 10.6. The SMILES string of the molecule is CC(COc1cccc([N+](=O)[O-])c1)CS(N)(=O)=O. The minimum atomic E-state index is -3.54. The van der Waals surface area contributed by atoms with Gasteiger partial charge in [-0.1, -0.05) is 13.0 Å². The van der Waals surface area contributed by atoms with E-state index in [2.05, 4.69) is 0 Å². The third-order valence-electron chi connectivity index (χ3n) is 2.08. The van der Waals surface area contributed by atoms with Crippen LogP contribution in [0.25, 0.3) is 0 Å². The van der Waals surface area contributed by atoms with Crippen molar-refractivity contribution in [1.82, 2.24) is 0 Å². The Morgan fingerprint density at radius 1 is 1.50 bits per heavy atom. The lowest BCUT2D eigenvalue weighted by Crippen LogP contribution is -2.25. The van der Waals surface area contributed by atoms with Crippen molar-refractivity contribution < 1.29 is 18.1 Å². The maximum absolute atomic E-state index is 10.8. The highest BCUT2D eigenvalue weighted by Gasteiger charge is 2.12. The lowest BCUT2D eigenvalue weighted by Gasteiger charge is -2.11. The second-order valence-electron chi connectivity index (χ2n) is 4.00. The Kier molecular flexibility index (Phi) is 4.62. The molecule has 0 aliphatic heterocycles. The van der Waals surface area contributed by atoms with E-state index in [0.29, 0.717) is 5.75 Å². The molecule has 8 heteroatoms. The van der Waals surface area contributed by atoms with Gasteiger partial charge < -0.3 is 4.74 Å². The highest BCUT2D eigenvalue weighted by Crippen LogP contribution is 2.19. The number of ether oxygens (including phenoxy) is 1. The van der Waals surface area contributed by atoms with E-state index >= 15 is 0 Å². The van der Waals surface area contributed by atoms with Gasteiger partial charge in [0.05, 0.1) is 23.3 Å². The van der Waals surface area contributed by atoms with Crippen molar-refractivity contribution in [2.24, 2.45) is 11.1 Å². The summed E-state index contributed by atoms with van der Waals surface area (Å²) in [4.78, 5) is 10.0. The molecule has 7 nitrogen and oxygen atoms in total. The van der Waals surface area contributed by atoms with Crippen LogP contribution in [0.3, 0.4) is 0 Å². The van der Waals surface area contributed by atoms with Gasteiger partial charge >= 0.3 is 0 Å². The predicted molar refractivity (Wildman–Crippen MR) is 65.7 cm³/mol. The van der Waals surface area contributed by atoms with Crippen LogP contribution < -0.4 is 9.88 Å². The molecule has 0 saturated carbocycles. The van der Waals surface area contributed by atoms with Crippen LogP contribution in [0, 0.1) is 16.0 Å². The molecule has 1 aromatic rings. The van der Waals surface area contributed by atoms with E-state index in [1.807, 2.05) is 0 Å². The number of non-ortho nitro benzene ring substituents is 1. The number of nitro benzene ring substituents is 1. The molecule has 1 atom stereocenters. The average molecular weight is 274 g/mol. The average Bonchev–Trinajstić information content (AvgIpc) is 2.24. The van der Waals surface area contributed by atoms with Gasteiger partial charge in [-0.05, 0) is 6.07 Å². The van der Waals surface area contributed by atoms with Gasteiger partial charge in [-0.2, -0.15) is 0 Å². The fourth-order valence-electron chi connectivity index (χ4n) is 1.37. The van der Waals surface area contributed by atoms with E-state index in [4.69, 9.17) is 9.88 Å². The Bertz CT molecular complexity index is 529. The van der Waals surface area contributed by atoms with Crippen LogP contribution in [0.1, 0.15) is 6.92 Å². The Morgan fingerprint density at radius 3 is 2.72 bits per heavy atom. The van der Waals surface area contributed by atoms with Crippen LogP contribution in [0.4, 0.5) is 5.69 Å². The highest BCUT2D eigenvalue weighted by atomic mass is 32.2. The van der Waals surface area contributed by atoms with Crippen molar-refractivity contribution in [2.75, 3.05) is 12.4 Å². The summed E-state index contributed by atoms with van der Waals surface area (Å²) >= 11 is 0. The second kappa shape index (κ2) is 5.78. The Morgan fingerprint density at radius 2 is 2.17 bits per heavy atom. The summed E-state index contributed by atoms with van der Waals surface area (Å²) < 4.78 is 26.9. The maximum atomic E-state index is 10.8. The lowest BCUT2D eigenvalue weighted by atomic mass is 10.2. The number of nitro groups is 1. The molecule has 100 valence electrons. The van der Waals surface area contributed by atoms with Crippen molar-refractivity contribution in [1.29, 1.82) is 0 Å². The largest absolute Gasteiger partial charge is 0.493 e. The first kappa shape index (κ1) is 14.4.